The van der Waals surface area contributed by atoms with E-state index in [9.17, 15) is 9.90 Å². The van der Waals surface area contributed by atoms with Crippen LogP contribution in [0.3, 0.4) is 0 Å². The van der Waals surface area contributed by atoms with Gasteiger partial charge >= 0.3 is 0 Å². The van der Waals surface area contributed by atoms with E-state index in [2.05, 4.69) is 5.32 Å². The Morgan fingerprint density at radius 3 is 2.76 bits per heavy atom. The van der Waals surface area contributed by atoms with Crippen LogP contribution in [0.25, 0.3) is 0 Å². The average molecular weight is 237 g/mol. The highest BCUT2D eigenvalue weighted by Gasteiger charge is 2.08. The van der Waals surface area contributed by atoms with E-state index in [4.69, 9.17) is 5.11 Å². The topological polar surface area (TPSA) is 69.6 Å². The molecule has 94 valence electrons. The summed E-state index contributed by atoms with van der Waals surface area (Å²) >= 11 is 0. The molecule has 0 aromatic heterocycles. The monoisotopic (exact) mass is 237 g/mol. The zero-order chi connectivity index (χ0) is 12.7. The van der Waals surface area contributed by atoms with Gasteiger partial charge in [-0.2, -0.15) is 0 Å². The summed E-state index contributed by atoms with van der Waals surface area (Å²) in [5.41, 5.74) is 0.775. The number of aliphatic hydroxyl groups excluding tert-OH is 1. The van der Waals surface area contributed by atoms with Crippen molar-refractivity contribution in [3.8, 4) is 5.75 Å². The third-order valence-corrected chi connectivity index (χ3v) is 2.58. The summed E-state index contributed by atoms with van der Waals surface area (Å²) in [6, 6.07) is 6.99. The van der Waals surface area contributed by atoms with Crippen molar-refractivity contribution in [1.82, 2.24) is 5.32 Å². The molecule has 0 spiro atoms. The Morgan fingerprint density at radius 1 is 1.41 bits per heavy atom. The molecule has 3 N–H and O–H groups in total. The highest BCUT2D eigenvalue weighted by Crippen LogP contribution is 2.17. The molecule has 1 aromatic carbocycles. The maximum absolute atomic E-state index is 11.5. The Balaban J connectivity index is 2.36. The van der Waals surface area contributed by atoms with E-state index < -0.39 is 0 Å². The molecular formula is C13H19NO3. The number of benzene rings is 1. The van der Waals surface area contributed by atoms with Crippen LogP contribution >= 0.6 is 0 Å². The van der Waals surface area contributed by atoms with Gasteiger partial charge in [0.1, 0.15) is 5.75 Å². The van der Waals surface area contributed by atoms with Crippen LogP contribution in [0.2, 0.25) is 0 Å². The molecule has 1 rings (SSSR count). The molecule has 1 aromatic rings. The zero-order valence-corrected chi connectivity index (χ0v) is 10.0. The maximum atomic E-state index is 11.5. The molecule has 0 aliphatic carbocycles. The number of carbonyl (C=O) groups is 1. The average Bonchev–Trinajstić information content (AvgIpc) is 2.28. The number of aromatic hydroxyl groups is 1. The first-order valence-corrected chi connectivity index (χ1v) is 5.80. The van der Waals surface area contributed by atoms with Gasteiger partial charge in [-0.15, -0.1) is 0 Å². The molecule has 1 unspecified atom stereocenters. The molecule has 0 aliphatic heterocycles. The zero-order valence-electron chi connectivity index (χ0n) is 10.0. The molecule has 0 radical (unpaired) electrons. The normalized spacial score (nSPS) is 12.1. The number of carbonyl (C=O) groups excluding carboxylic acids is 1. The fourth-order valence-corrected chi connectivity index (χ4v) is 1.58. The predicted molar refractivity (Wildman–Crippen MR) is 65.7 cm³/mol. The van der Waals surface area contributed by atoms with Crippen molar-refractivity contribution in [3.05, 3.63) is 29.8 Å². The van der Waals surface area contributed by atoms with Crippen molar-refractivity contribution in [3.63, 3.8) is 0 Å². The maximum Gasteiger partial charge on any atom is 0.220 e. The lowest BCUT2D eigenvalue weighted by Gasteiger charge is -2.12. The Bertz CT molecular complexity index is 365. The van der Waals surface area contributed by atoms with Crippen molar-refractivity contribution in [1.29, 1.82) is 0 Å². The lowest BCUT2D eigenvalue weighted by atomic mass is 10.1. The summed E-state index contributed by atoms with van der Waals surface area (Å²) < 4.78 is 0. The standard InChI is InChI=1S/C13H19NO3/c1-10(8-9-15)14-13(17)7-6-11-4-2-3-5-12(11)16/h2-5,10,15-16H,6-9H2,1H3,(H,14,17). The van der Waals surface area contributed by atoms with Crippen LogP contribution in [0.4, 0.5) is 0 Å². The number of amides is 1. The summed E-state index contributed by atoms with van der Waals surface area (Å²) in [6.07, 6.45) is 1.42. The first-order chi connectivity index (χ1) is 8.13. The summed E-state index contributed by atoms with van der Waals surface area (Å²) in [7, 11) is 0. The van der Waals surface area contributed by atoms with Crippen LogP contribution in [-0.4, -0.2) is 28.8 Å². The van der Waals surface area contributed by atoms with Crippen LogP contribution in [0.1, 0.15) is 25.3 Å². The Hall–Kier alpha value is -1.55. The number of para-hydroxylation sites is 1. The SMILES string of the molecule is CC(CCO)NC(=O)CCc1ccccc1O. The highest BCUT2D eigenvalue weighted by atomic mass is 16.3. The summed E-state index contributed by atoms with van der Waals surface area (Å²) in [5.74, 6) is 0.165. The number of hydrogen-bond acceptors (Lipinski definition) is 3. The molecule has 0 heterocycles. The molecule has 17 heavy (non-hydrogen) atoms. The second-order valence-electron chi connectivity index (χ2n) is 4.11. The van der Waals surface area contributed by atoms with E-state index in [0.29, 0.717) is 19.3 Å². The molecule has 0 saturated carbocycles. The number of aryl methyl sites for hydroxylation is 1. The van der Waals surface area contributed by atoms with Gasteiger partial charge in [-0.3, -0.25) is 4.79 Å². The van der Waals surface area contributed by atoms with E-state index in [0.717, 1.165) is 5.56 Å². The minimum Gasteiger partial charge on any atom is -0.508 e. The molecule has 1 amide bonds. The molecule has 0 saturated heterocycles. The van der Waals surface area contributed by atoms with Gasteiger partial charge in [0.05, 0.1) is 0 Å². The molecule has 4 nitrogen and oxygen atoms in total. The van der Waals surface area contributed by atoms with Crippen molar-refractivity contribution in [2.24, 2.45) is 0 Å². The number of phenols is 1. The summed E-state index contributed by atoms with van der Waals surface area (Å²) in [4.78, 5) is 11.5. The number of phenolic OH excluding ortho intramolecular Hbond substituents is 1. The molecule has 0 fully saturated rings. The molecule has 4 heteroatoms. The lowest BCUT2D eigenvalue weighted by molar-refractivity contribution is -0.121. The first kappa shape index (κ1) is 13.5. The number of rotatable bonds is 6. The van der Waals surface area contributed by atoms with Gasteiger partial charge in [0.25, 0.3) is 0 Å². The number of hydrogen-bond donors (Lipinski definition) is 3. The van der Waals surface area contributed by atoms with Crippen LogP contribution < -0.4 is 5.32 Å². The van der Waals surface area contributed by atoms with Crippen molar-refractivity contribution in [2.75, 3.05) is 6.61 Å². The van der Waals surface area contributed by atoms with Crippen LogP contribution in [0.15, 0.2) is 24.3 Å². The third kappa shape index (κ3) is 4.87. The predicted octanol–water partition coefficient (Wildman–Crippen LogP) is 1.21. The van der Waals surface area contributed by atoms with E-state index in [1.807, 2.05) is 13.0 Å². The number of nitrogens with one attached hydrogen (secondary N) is 1. The van der Waals surface area contributed by atoms with Crippen LogP contribution in [-0.2, 0) is 11.2 Å². The highest BCUT2D eigenvalue weighted by molar-refractivity contribution is 5.76. The lowest BCUT2D eigenvalue weighted by Crippen LogP contribution is -2.33. The van der Waals surface area contributed by atoms with Crippen molar-refractivity contribution < 1.29 is 15.0 Å². The third-order valence-electron chi connectivity index (χ3n) is 2.58. The Morgan fingerprint density at radius 2 is 2.12 bits per heavy atom. The van der Waals surface area contributed by atoms with Gasteiger partial charge in [-0.25, -0.2) is 0 Å². The van der Waals surface area contributed by atoms with Gasteiger partial charge in [-0.05, 0) is 31.4 Å². The van der Waals surface area contributed by atoms with Gasteiger partial charge in [0.15, 0.2) is 0 Å². The molecule has 0 bridgehead atoms. The smallest absolute Gasteiger partial charge is 0.220 e. The molecule has 1 atom stereocenters. The quantitative estimate of drug-likeness (QED) is 0.696. The Labute approximate surface area is 101 Å². The fourth-order valence-electron chi connectivity index (χ4n) is 1.58. The van der Waals surface area contributed by atoms with E-state index in [-0.39, 0.29) is 24.3 Å². The van der Waals surface area contributed by atoms with Crippen molar-refractivity contribution in [2.45, 2.75) is 32.2 Å². The second-order valence-corrected chi connectivity index (χ2v) is 4.11. The number of aliphatic hydroxyl groups is 1. The molecular weight excluding hydrogens is 218 g/mol. The van der Waals surface area contributed by atoms with Crippen LogP contribution in [0, 0.1) is 0 Å². The van der Waals surface area contributed by atoms with Gasteiger partial charge in [0, 0.05) is 19.1 Å². The van der Waals surface area contributed by atoms with Gasteiger partial charge in [0.2, 0.25) is 5.91 Å². The summed E-state index contributed by atoms with van der Waals surface area (Å²) in [6.45, 7) is 1.93. The van der Waals surface area contributed by atoms with Gasteiger partial charge < -0.3 is 15.5 Å². The minimum atomic E-state index is -0.0609. The first-order valence-electron chi connectivity index (χ1n) is 5.80. The fraction of sp³-hybridized carbons (Fsp3) is 0.462. The van der Waals surface area contributed by atoms with E-state index in [1.165, 1.54) is 0 Å². The van der Waals surface area contributed by atoms with Gasteiger partial charge in [-0.1, -0.05) is 18.2 Å². The minimum absolute atomic E-state index is 0.0168. The molecule has 0 aliphatic rings. The second kappa shape index (κ2) is 6.91. The summed E-state index contributed by atoms with van der Waals surface area (Å²) in [5, 5.41) is 21.0. The van der Waals surface area contributed by atoms with E-state index in [1.54, 1.807) is 18.2 Å². The van der Waals surface area contributed by atoms with E-state index >= 15 is 0 Å². The van der Waals surface area contributed by atoms with Crippen molar-refractivity contribution >= 4 is 5.91 Å². The Kier molecular flexibility index (Phi) is 5.49. The van der Waals surface area contributed by atoms with Crippen LogP contribution in [0.5, 0.6) is 5.75 Å². The largest absolute Gasteiger partial charge is 0.508 e.